The van der Waals surface area contributed by atoms with Gasteiger partial charge in [-0.1, -0.05) is 82.4 Å². The molecule has 6 aliphatic heterocycles. The highest BCUT2D eigenvalue weighted by Crippen LogP contribution is 2.43. The van der Waals surface area contributed by atoms with E-state index >= 15 is 0 Å². The number of nitrogens with one attached hydrogen (secondary N) is 3. The summed E-state index contributed by atoms with van der Waals surface area (Å²) in [5, 5.41) is 20.3. The summed E-state index contributed by atoms with van der Waals surface area (Å²) in [4.78, 5) is 116. The smallest absolute Gasteiger partial charge is 0.416 e. The number of unbranched alkanes of at least 4 members (excludes halogenated alkanes) is 2. The molecule has 4 N–H and O–H groups in total. The molecule has 6 aliphatic rings. The standard InChI is InChI=1S/C63H76N8O14/c1-38(2)57(67-54(72)16-11-10-12-23-68-55(73)21-22-56(68)74)59(76)65-41(5)58(75)66-43-19-17-42(18-20-43)37-85-63(80)71-48-33-53-51(31-46(48)61(78)70-36-40(4)29-49(70)62(71)79)82-25-14-9-7-6-8-13-24-81-50-30-45-47(32-52(50)83-26-15-27-84-53)64-34-44-28-39(3)35-69(44)60(45)77/h17-22,30-34,38,41,44,49,57,62,79H,3-4,6-16,23-29,35-37H2,1-2,5H3,(H,65,76)(H,66,75)(H,67,72)/t41-,44-,49-,57?,62?/m0/s1. The van der Waals surface area contributed by atoms with Crippen LogP contribution in [0.1, 0.15) is 131 Å². The van der Waals surface area contributed by atoms with Gasteiger partial charge in [0.25, 0.3) is 23.6 Å². The quantitative estimate of drug-likeness (QED) is 0.0694. The second kappa shape index (κ2) is 27.9. The number of amides is 8. The fraction of sp³-hybridized carbons (Fsp3) is 0.476. The second-order valence-electron chi connectivity index (χ2n) is 22.7. The van der Waals surface area contributed by atoms with Crippen molar-refractivity contribution in [2.24, 2.45) is 10.9 Å². The van der Waals surface area contributed by atoms with Crippen LogP contribution in [0, 0.1) is 5.92 Å². The molecular formula is C63H76N8O14. The summed E-state index contributed by atoms with van der Waals surface area (Å²) < 4.78 is 31.2. The first-order valence-electron chi connectivity index (χ1n) is 29.5. The summed E-state index contributed by atoms with van der Waals surface area (Å²) in [5.41, 5.74) is 3.69. The molecule has 2 unspecified atom stereocenters. The van der Waals surface area contributed by atoms with E-state index in [0.717, 1.165) is 53.9 Å². The average Bonchev–Trinajstić information content (AvgIpc) is 1.84. The van der Waals surface area contributed by atoms with E-state index in [1.54, 1.807) is 67.4 Å². The van der Waals surface area contributed by atoms with Crippen LogP contribution < -0.4 is 39.8 Å². The Balaban J connectivity index is 0.833. The van der Waals surface area contributed by atoms with Crippen molar-refractivity contribution in [1.82, 2.24) is 25.3 Å². The summed E-state index contributed by atoms with van der Waals surface area (Å²) in [6.45, 7) is 15.0. The number of aliphatic hydroxyl groups excluding tert-OH is 1. The van der Waals surface area contributed by atoms with Crippen molar-refractivity contribution in [3.63, 3.8) is 0 Å². The van der Waals surface area contributed by atoms with E-state index < -0.39 is 48.2 Å². The van der Waals surface area contributed by atoms with Gasteiger partial charge in [-0.2, -0.15) is 0 Å². The summed E-state index contributed by atoms with van der Waals surface area (Å²) in [7, 11) is 0. The van der Waals surface area contributed by atoms with Crippen LogP contribution >= 0.6 is 0 Å². The molecule has 3 aromatic rings. The number of benzene rings is 3. The Labute approximate surface area is 494 Å². The largest absolute Gasteiger partial charge is 0.490 e. The number of anilines is 2. The minimum absolute atomic E-state index is 0.0605. The van der Waals surface area contributed by atoms with Crippen molar-refractivity contribution in [3.8, 4) is 23.0 Å². The van der Waals surface area contributed by atoms with Crippen LogP contribution in [0.4, 0.5) is 21.9 Å². The molecule has 2 saturated heterocycles. The highest BCUT2D eigenvalue weighted by molar-refractivity contribution is 6.13. The number of carbonyl (C=O) groups is 8. The van der Waals surface area contributed by atoms with Gasteiger partial charge in [0.05, 0.1) is 61.0 Å². The zero-order valence-electron chi connectivity index (χ0n) is 48.6. The van der Waals surface area contributed by atoms with E-state index in [1.807, 2.05) is 0 Å². The summed E-state index contributed by atoms with van der Waals surface area (Å²) >= 11 is 0. The number of aliphatic imine (C=N–C) groups is 1. The van der Waals surface area contributed by atoms with Gasteiger partial charge in [0.1, 0.15) is 18.7 Å². The Morgan fingerprint density at radius 1 is 0.694 bits per heavy atom. The lowest BCUT2D eigenvalue weighted by Gasteiger charge is -2.31. The molecule has 452 valence electrons. The van der Waals surface area contributed by atoms with Crippen molar-refractivity contribution in [3.05, 3.63) is 102 Å². The number of aliphatic hydroxyl groups is 1. The topological polar surface area (TPSA) is 264 Å². The fourth-order valence-corrected chi connectivity index (χ4v) is 11.1. The van der Waals surface area contributed by atoms with Crippen molar-refractivity contribution in [1.29, 1.82) is 0 Å². The van der Waals surface area contributed by atoms with Crippen LogP contribution in [0.15, 0.2) is 90.0 Å². The molecule has 2 fully saturated rings. The molecule has 0 spiro atoms. The van der Waals surface area contributed by atoms with Crippen molar-refractivity contribution < 1.29 is 67.1 Å². The molecule has 0 aromatic heterocycles. The molecule has 5 atom stereocenters. The van der Waals surface area contributed by atoms with Crippen LogP contribution in [0.25, 0.3) is 0 Å². The van der Waals surface area contributed by atoms with Gasteiger partial charge >= 0.3 is 6.09 Å². The maximum atomic E-state index is 14.5. The number of hydrogen-bond acceptors (Lipinski definition) is 15. The minimum atomic E-state index is -1.55. The van der Waals surface area contributed by atoms with E-state index in [2.05, 4.69) is 29.1 Å². The van der Waals surface area contributed by atoms with E-state index in [4.69, 9.17) is 28.7 Å². The van der Waals surface area contributed by atoms with Gasteiger partial charge in [-0.05, 0) is 81.2 Å². The van der Waals surface area contributed by atoms with Crippen molar-refractivity contribution in [2.45, 2.75) is 141 Å². The number of imide groups is 1. The van der Waals surface area contributed by atoms with Crippen molar-refractivity contribution >= 4 is 70.7 Å². The molecule has 85 heavy (non-hydrogen) atoms. The zero-order valence-corrected chi connectivity index (χ0v) is 48.6. The first-order chi connectivity index (χ1) is 40.9. The molecule has 22 heteroatoms. The maximum absolute atomic E-state index is 14.5. The molecule has 0 aliphatic carbocycles. The van der Waals surface area contributed by atoms with Gasteiger partial charge in [-0.25, -0.2) is 9.69 Å². The SMILES string of the molecule is C=C1C[C@H]2C=Nc3cc4c(cc3C(=O)N2C1)OCCCCCCCCOc1cc2c(cc1OCCCO4)N(C(=O)OCc1ccc(NC(=O)[C@H](C)NC(=O)C(NC(=O)CCCCCN3C(=O)C=CC3=O)C(C)C)cc1)C(O)[C@@H]1CC(=C)CN1C2=O. The lowest BCUT2D eigenvalue weighted by atomic mass is 10.0. The number of hydrogen-bond donors (Lipinski definition) is 4. The molecule has 9 rings (SSSR count). The molecule has 3 aromatic carbocycles. The monoisotopic (exact) mass is 1170 g/mol. The molecular weight excluding hydrogens is 1090 g/mol. The number of carbonyl (C=O) groups excluding carboxylic acids is 8. The van der Waals surface area contributed by atoms with E-state index in [9.17, 15) is 43.5 Å². The third-order valence-electron chi connectivity index (χ3n) is 15.8. The zero-order chi connectivity index (χ0) is 60.3. The third-order valence-corrected chi connectivity index (χ3v) is 15.8. The Morgan fingerprint density at radius 3 is 1.95 bits per heavy atom. The Kier molecular flexibility index (Phi) is 20.0. The van der Waals surface area contributed by atoms with Crippen LogP contribution in [0.2, 0.25) is 0 Å². The van der Waals surface area contributed by atoms with Gasteiger partial charge in [0.15, 0.2) is 29.2 Å². The summed E-state index contributed by atoms with van der Waals surface area (Å²) in [6, 6.07) is 10.1. The molecule has 0 bridgehead atoms. The molecule has 22 nitrogen and oxygen atoms in total. The first kappa shape index (κ1) is 61.0. The number of nitrogens with zero attached hydrogens (tertiary/aromatic N) is 5. The molecule has 0 radical (unpaired) electrons. The Bertz CT molecular complexity index is 3120. The van der Waals surface area contributed by atoms with Crippen LogP contribution in [-0.4, -0.2) is 150 Å². The highest BCUT2D eigenvalue weighted by atomic mass is 16.6. The maximum Gasteiger partial charge on any atom is 0.416 e. The lowest BCUT2D eigenvalue weighted by Crippen LogP contribution is -2.53. The Morgan fingerprint density at radius 2 is 1.28 bits per heavy atom. The van der Waals surface area contributed by atoms with Gasteiger partial charge < -0.3 is 54.5 Å². The van der Waals surface area contributed by atoms with Crippen molar-refractivity contribution in [2.75, 3.05) is 56.3 Å². The van der Waals surface area contributed by atoms with E-state index in [1.165, 1.54) is 30.0 Å². The van der Waals surface area contributed by atoms with Gasteiger partial charge in [-0.15, -0.1) is 0 Å². The first-order valence-corrected chi connectivity index (χ1v) is 29.5. The summed E-state index contributed by atoms with van der Waals surface area (Å²) in [6.07, 6.45) is 10.1. The van der Waals surface area contributed by atoms with Crippen LogP contribution in [0.5, 0.6) is 23.0 Å². The summed E-state index contributed by atoms with van der Waals surface area (Å²) in [5.74, 6) is -1.56. The third kappa shape index (κ3) is 14.9. The van der Waals surface area contributed by atoms with Gasteiger partial charge in [-0.3, -0.25) is 43.5 Å². The predicted molar refractivity (Wildman–Crippen MR) is 315 cm³/mol. The van der Waals surface area contributed by atoms with Gasteiger partial charge in [0, 0.05) is 68.7 Å². The number of ether oxygens (including phenoxy) is 5. The Hall–Kier alpha value is -8.53. The highest BCUT2D eigenvalue weighted by Gasteiger charge is 2.46. The lowest BCUT2D eigenvalue weighted by molar-refractivity contribution is -0.137. The van der Waals surface area contributed by atoms with Crippen LogP contribution in [-0.2, 0) is 35.3 Å². The van der Waals surface area contributed by atoms with E-state index in [0.29, 0.717) is 97.2 Å². The van der Waals surface area contributed by atoms with Gasteiger partial charge in [0.2, 0.25) is 17.7 Å². The minimum Gasteiger partial charge on any atom is -0.490 e. The fourth-order valence-electron chi connectivity index (χ4n) is 11.1. The molecule has 6 heterocycles. The molecule has 8 amide bonds. The number of fused-ring (bicyclic) bond motifs is 6. The normalized spacial score (nSPS) is 20.7. The van der Waals surface area contributed by atoms with E-state index in [-0.39, 0.29) is 98.3 Å². The average molecular weight is 1170 g/mol. The number of rotatable bonds is 14. The van der Waals surface area contributed by atoms with Crippen LogP contribution in [0.3, 0.4) is 0 Å². The molecule has 0 saturated carbocycles. The second-order valence-corrected chi connectivity index (χ2v) is 22.7. The predicted octanol–water partition coefficient (Wildman–Crippen LogP) is 7.45.